The molecule has 2 rings (SSSR count). The van der Waals surface area contributed by atoms with Crippen molar-refractivity contribution in [1.82, 2.24) is 4.98 Å². The van der Waals surface area contributed by atoms with Crippen LogP contribution in [0.25, 0.3) is 0 Å². The third kappa shape index (κ3) is 2.89. The van der Waals surface area contributed by atoms with Gasteiger partial charge < -0.3 is 4.90 Å². The van der Waals surface area contributed by atoms with Crippen molar-refractivity contribution in [1.29, 1.82) is 0 Å². The average Bonchev–Trinajstić information content (AvgIpc) is 2.39. The lowest BCUT2D eigenvalue weighted by Crippen LogP contribution is -2.38. The van der Waals surface area contributed by atoms with Crippen LogP contribution in [-0.2, 0) is 4.79 Å². The van der Waals surface area contributed by atoms with Crippen molar-refractivity contribution >= 4 is 17.3 Å². The Balaban J connectivity index is 2.24. The maximum Gasteiger partial charge on any atom is 0.277 e. The van der Waals surface area contributed by atoms with Crippen molar-refractivity contribution in [3.8, 4) is 0 Å². The van der Waals surface area contributed by atoms with Crippen LogP contribution in [0.2, 0.25) is 0 Å². The summed E-state index contributed by atoms with van der Waals surface area (Å²) in [5, 5.41) is 10.9. The largest absolute Gasteiger partial charge is 0.356 e. The van der Waals surface area contributed by atoms with Gasteiger partial charge in [-0.25, -0.2) is 4.98 Å². The number of carbonyl (C=O) groups is 1. The van der Waals surface area contributed by atoms with Gasteiger partial charge in [0.2, 0.25) is 0 Å². The monoisotopic (exact) mass is 263 g/mol. The van der Waals surface area contributed by atoms with Gasteiger partial charge in [-0.15, -0.1) is 0 Å². The molecule has 0 aromatic carbocycles. The number of aryl methyl sites for hydroxylation is 1. The predicted molar refractivity (Wildman–Crippen MR) is 71.2 cm³/mol. The standard InChI is InChI=1S/C13H17N3O3/c1-9-7-14-13(6-12(9)16(18)19)15-5-3-4-11(8-15)10(2)17/h6-7,11H,3-5,8H2,1-2H3. The van der Waals surface area contributed by atoms with Crippen molar-refractivity contribution in [3.63, 3.8) is 0 Å². The highest BCUT2D eigenvalue weighted by atomic mass is 16.6. The minimum absolute atomic E-state index is 0.0101. The van der Waals surface area contributed by atoms with Gasteiger partial charge in [0.1, 0.15) is 11.6 Å². The second kappa shape index (κ2) is 5.34. The lowest BCUT2D eigenvalue weighted by molar-refractivity contribution is -0.385. The van der Waals surface area contributed by atoms with Gasteiger partial charge in [-0.2, -0.15) is 0 Å². The SMILES string of the molecule is CC(=O)C1CCCN(c2cc([N+](=O)[O-])c(C)cn2)C1. The Hall–Kier alpha value is -1.98. The summed E-state index contributed by atoms with van der Waals surface area (Å²) >= 11 is 0. The zero-order chi connectivity index (χ0) is 14.0. The summed E-state index contributed by atoms with van der Waals surface area (Å²) in [6, 6.07) is 1.50. The van der Waals surface area contributed by atoms with Crippen molar-refractivity contribution < 1.29 is 9.72 Å². The van der Waals surface area contributed by atoms with Crippen LogP contribution < -0.4 is 4.90 Å². The molecule has 1 aromatic heterocycles. The number of piperidine rings is 1. The van der Waals surface area contributed by atoms with E-state index in [1.165, 1.54) is 12.3 Å². The molecular formula is C13H17N3O3. The second-order valence-corrected chi connectivity index (χ2v) is 4.98. The molecular weight excluding hydrogens is 246 g/mol. The molecule has 1 aliphatic rings. The molecule has 1 aliphatic heterocycles. The van der Waals surface area contributed by atoms with E-state index in [0.29, 0.717) is 17.9 Å². The normalized spacial score (nSPS) is 19.3. The number of carbonyl (C=O) groups excluding carboxylic acids is 1. The molecule has 1 fully saturated rings. The van der Waals surface area contributed by atoms with Crippen LogP contribution in [0, 0.1) is 23.0 Å². The van der Waals surface area contributed by atoms with Gasteiger partial charge in [0.25, 0.3) is 5.69 Å². The number of nitrogens with zero attached hydrogens (tertiary/aromatic N) is 3. The molecule has 0 spiro atoms. The molecule has 19 heavy (non-hydrogen) atoms. The lowest BCUT2D eigenvalue weighted by Gasteiger charge is -2.32. The fourth-order valence-electron chi connectivity index (χ4n) is 2.39. The third-order valence-corrected chi connectivity index (χ3v) is 3.58. The van der Waals surface area contributed by atoms with Gasteiger partial charge in [-0.3, -0.25) is 14.9 Å². The van der Waals surface area contributed by atoms with E-state index in [0.717, 1.165) is 19.4 Å². The van der Waals surface area contributed by atoms with Crippen molar-refractivity contribution in [2.75, 3.05) is 18.0 Å². The zero-order valence-corrected chi connectivity index (χ0v) is 11.1. The fourth-order valence-corrected chi connectivity index (χ4v) is 2.39. The van der Waals surface area contributed by atoms with Crippen LogP contribution in [0.5, 0.6) is 0 Å². The van der Waals surface area contributed by atoms with E-state index in [9.17, 15) is 14.9 Å². The summed E-state index contributed by atoms with van der Waals surface area (Å²) in [6.45, 7) is 4.65. The van der Waals surface area contributed by atoms with Crippen LogP contribution in [0.1, 0.15) is 25.3 Å². The number of hydrogen-bond acceptors (Lipinski definition) is 5. The Morgan fingerprint density at radius 3 is 2.95 bits per heavy atom. The van der Waals surface area contributed by atoms with Crippen LogP contribution in [-0.4, -0.2) is 28.8 Å². The van der Waals surface area contributed by atoms with Gasteiger partial charge in [0, 0.05) is 30.8 Å². The molecule has 1 saturated heterocycles. The van der Waals surface area contributed by atoms with Crippen LogP contribution >= 0.6 is 0 Å². The fraction of sp³-hybridized carbons (Fsp3) is 0.538. The molecule has 1 aromatic rings. The van der Waals surface area contributed by atoms with Crippen LogP contribution in [0.4, 0.5) is 11.5 Å². The molecule has 102 valence electrons. The molecule has 0 bridgehead atoms. The number of pyridine rings is 1. The minimum atomic E-state index is -0.396. The third-order valence-electron chi connectivity index (χ3n) is 3.58. The van der Waals surface area contributed by atoms with Gasteiger partial charge >= 0.3 is 0 Å². The molecule has 2 heterocycles. The summed E-state index contributed by atoms with van der Waals surface area (Å²) in [6.07, 6.45) is 3.32. The molecule has 6 heteroatoms. The van der Waals surface area contributed by atoms with Gasteiger partial charge in [0.05, 0.1) is 11.0 Å². The predicted octanol–water partition coefficient (Wildman–Crippen LogP) is 2.10. The minimum Gasteiger partial charge on any atom is -0.356 e. The Morgan fingerprint density at radius 2 is 2.32 bits per heavy atom. The molecule has 0 saturated carbocycles. The van der Waals surface area contributed by atoms with E-state index in [1.807, 2.05) is 4.90 Å². The summed E-state index contributed by atoms with van der Waals surface area (Å²) in [5.74, 6) is 0.769. The molecule has 0 amide bonds. The highest BCUT2D eigenvalue weighted by molar-refractivity contribution is 5.79. The quantitative estimate of drug-likeness (QED) is 0.616. The molecule has 0 N–H and O–H groups in total. The zero-order valence-electron chi connectivity index (χ0n) is 11.1. The van der Waals surface area contributed by atoms with Crippen molar-refractivity contribution in [3.05, 3.63) is 27.9 Å². The number of Topliss-reactive ketones (excluding diaryl/α,β-unsaturated/α-hetero) is 1. The first kappa shape index (κ1) is 13.5. The summed E-state index contributed by atoms with van der Waals surface area (Å²) in [7, 11) is 0. The van der Waals surface area contributed by atoms with Gasteiger partial charge in [-0.1, -0.05) is 0 Å². The first-order valence-corrected chi connectivity index (χ1v) is 6.35. The summed E-state index contributed by atoms with van der Waals surface area (Å²) in [5.41, 5.74) is 0.629. The molecule has 1 atom stereocenters. The summed E-state index contributed by atoms with van der Waals surface area (Å²) in [4.78, 5) is 28.2. The number of aromatic nitrogens is 1. The lowest BCUT2D eigenvalue weighted by atomic mass is 9.94. The first-order chi connectivity index (χ1) is 8.99. The van der Waals surface area contributed by atoms with Crippen LogP contribution in [0.15, 0.2) is 12.3 Å². The van der Waals surface area contributed by atoms with E-state index in [-0.39, 0.29) is 17.4 Å². The number of nitro groups is 1. The van der Waals surface area contributed by atoms with E-state index in [4.69, 9.17) is 0 Å². The maximum absolute atomic E-state index is 11.4. The number of anilines is 1. The Kier molecular flexibility index (Phi) is 3.78. The van der Waals surface area contributed by atoms with E-state index >= 15 is 0 Å². The van der Waals surface area contributed by atoms with E-state index < -0.39 is 4.92 Å². The first-order valence-electron chi connectivity index (χ1n) is 6.35. The highest BCUT2D eigenvalue weighted by Crippen LogP contribution is 2.26. The Bertz CT molecular complexity index is 516. The topological polar surface area (TPSA) is 76.3 Å². The summed E-state index contributed by atoms with van der Waals surface area (Å²) < 4.78 is 0. The molecule has 0 radical (unpaired) electrons. The molecule has 0 aliphatic carbocycles. The van der Waals surface area contributed by atoms with E-state index in [1.54, 1.807) is 13.8 Å². The average molecular weight is 263 g/mol. The Labute approximate surface area is 111 Å². The van der Waals surface area contributed by atoms with E-state index in [2.05, 4.69) is 4.98 Å². The number of rotatable bonds is 3. The second-order valence-electron chi connectivity index (χ2n) is 4.98. The van der Waals surface area contributed by atoms with Gasteiger partial charge in [-0.05, 0) is 26.7 Å². The maximum atomic E-state index is 11.4. The molecule has 1 unspecified atom stereocenters. The number of ketones is 1. The van der Waals surface area contributed by atoms with Crippen LogP contribution in [0.3, 0.4) is 0 Å². The molecule has 6 nitrogen and oxygen atoms in total. The Morgan fingerprint density at radius 1 is 1.58 bits per heavy atom. The van der Waals surface area contributed by atoms with Crippen molar-refractivity contribution in [2.24, 2.45) is 5.92 Å². The smallest absolute Gasteiger partial charge is 0.277 e. The number of hydrogen-bond donors (Lipinski definition) is 0. The van der Waals surface area contributed by atoms with Crippen molar-refractivity contribution in [2.45, 2.75) is 26.7 Å². The van der Waals surface area contributed by atoms with Gasteiger partial charge in [0.15, 0.2) is 0 Å². The highest BCUT2D eigenvalue weighted by Gasteiger charge is 2.25.